The predicted molar refractivity (Wildman–Crippen MR) is 71.7 cm³/mol. The van der Waals surface area contributed by atoms with Crippen molar-refractivity contribution >= 4 is 22.1 Å². The summed E-state index contributed by atoms with van der Waals surface area (Å²) in [5.41, 5.74) is 0. The summed E-state index contributed by atoms with van der Waals surface area (Å²) in [6.07, 6.45) is -0.860. The standard InChI is InChI=1S/C11H20N2O7S/c1-12(4-3-10(14)15)21(17,18)13-5-6-20-9(8-13)7-11(16)19-2/h9H,3-8H2,1-2H3,(H,14,15). The molecule has 0 radical (unpaired) electrons. The average molecular weight is 324 g/mol. The van der Waals surface area contributed by atoms with Gasteiger partial charge in [0.15, 0.2) is 0 Å². The van der Waals surface area contributed by atoms with Crippen LogP contribution in [0.15, 0.2) is 0 Å². The van der Waals surface area contributed by atoms with E-state index in [1.807, 2.05) is 0 Å². The van der Waals surface area contributed by atoms with Crippen LogP contribution in [0.5, 0.6) is 0 Å². The van der Waals surface area contributed by atoms with Gasteiger partial charge in [0.05, 0.1) is 32.7 Å². The van der Waals surface area contributed by atoms with Crippen LogP contribution in [-0.4, -0.2) is 80.6 Å². The van der Waals surface area contributed by atoms with Crippen LogP contribution in [0, 0.1) is 0 Å². The quantitative estimate of drug-likeness (QED) is 0.591. The van der Waals surface area contributed by atoms with Crippen molar-refractivity contribution in [2.24, 2.45) is 0 Å². The molecule has 0 bridgehead atoms. The number of carbonyl (C=O) groups is 2. The molecule has 0 saturated carbocycles. The molecule has 1 atom stereocenters. The summed E-state index contributed by atoms with van der Waals surface area (Å²) >= 11 is 0. The summed E-state index contributed by atoms with van der Waals surface area (Å²) in [6, 6.07) is 0. The number of methoxy groups -OCH3 is 1. The highest BCUT2D eigenvalue weighted by molar-refractivity contribution is 7.86. The monoisotopic (exact) mass is 324 g/mol. The molecule has 0 aliphatic carbocycles. The zero-order valence-electron chi connectivity index (χ0n) is 12.0. The molecule has 1 N–H and O–H groups in total. The van der Waals surface area contributed by atoms with Crippen molar-refractivity contribution in [1.82, 2.24) is 8.61 Å². The van der Waals surface area contributed by atoms with Gasteiger partial charge in [-0.3, -0.25) is 9.59 Å². The van der Waals surface area contributed by atoms with Gasteiger partial charge in [-0.2, -0.15) is 17.0 Å². The second kappa shape index (κ2) is 7.69. The Balaban J connectivity index is 2.65. The Morgan fingerprint density at radius 3 is 2.71 bits per heavy atom. The number of esters is 1. The van der Waals surface area contributed by atoms with E-state index in [0.29, 0.717) is 0 Å². The first-order chi connectivity index (χ1) is 9.77. The molecule has 1 fully saturated rings. The van der Waals surface area contributed by atoms with Crippen LogP contribution in [0.1, 0.15) is 12.8 Å². The fourth-order valence-electron chi connectivity index (χ4n) is 1.86. The minimum absolute atomic E-state index is 0.0264. The highest BCUT2D eigenvalue weighted by Crippen LogP contribution is 2.15. The van der Waals surface area contributed by atoms with Crippen LogP contribution in [0.2, 0.25) is 0 Å². The Labute approximate surface area is 123 Å². The van der Waals surface area contributed by atoms with E-state index >= 15 is 0 Å². The molecule has 1 unspecified atom stereocenters. The van der Waals surface area contributed by atoms with E-state index in [1.165, 1.54) is 18.5 Å². The van der Waals surface area contributed by atoms with Crippen LogP contribution in [0.3, 0.4) is 0 Å². The molecule has 1 heterocycles. The molecule has 21 heavy (non-hydrogen) atoms. The van der Waals surface area contributed by atoms with Crippen LogP contribution in [0.4, 0.5) is 0 Å². The maximum atomic E-state index is 12.3. The van der Waals surface area contributed by atoms with Gasteiger partial charge in [-0.05, 0) is 0 Å². The summed E-state index contributed by atoms with van der Waals surface area (Å²) in [6.45, 7) is 0.261. The Morgan fingerprint density at radius 1 is 1.48 bits per heavy atom. The fraction of sp³-hybridized carbons (Fsp3) is 0.818. The number of hydrogen-bond donors (Lipinski definition) is 1. The first-order valence-corrected chi connectivity index (χ1v) is 7.78. The molecule has 0 aromatic heterocycles. The van der Waals surface area contributed by atoms with Gasteiger partial charge in [0, 0.05) is 26.7 Å². The second-order valence-corrected chi connectivity index (χ2v) is 6.64. The average Bonchev–Trinajstić information content (AvgIpc) is 2.44. The summed E-state index contributed by atoms with van der Waals surface area (Å²) in [5.74, 6) is -1.54. The number of nitrogens with zero attached hydrogens (tertiary/aromatic N) is 2. The number of hydrogen-bond acceptors (Lipinski definition) is 6. The number of aliphatic carboxylic acids is 1. The van der Waals surface area contributed by atoms with Crippen LogP contribution in [0.25, 0.3) is 0 Å². The van der Waals surface area contributed by atoms with E-state index in [2.05, 4.69) is 4.74 Å². The lowest BCUT2D eigenvalue weighted by molar-refractivity contribution is -0.145. The third-order valence-electron chi connectivity index (χ3n) is 3.08. The lowest BCUT2D eigenvalue weighted by Crippen LogP contribution is -2.51. The Bertz CT molecular complexity index is 479. The van der Waals surface area contributed by atoms with Crippen LogP contribution >= 0.6 is 0 Å². The number of ether oxygens (including phenoxy) is 2. The lowest BCUT2D eigenvalue weighted by atomic mass is 10.2. The van der Waals surface area contributed by atoms with Gasteiger partial charge >= 0.3 is 11.9 Å². The Kier molecular flexibility index (Phi) is 6.52. The summed E-state index contributed by atoms with van der Waals surface area (Å²) < 4.78 is 36.6. The maximum Gasteiger partial charge on any atom is 0.308 e. The first-order valence-electron chi connectivity index (χ1n) is 6.39. The van der Waals surface area contributed by atoms with Crippen molar-refractivity contribution in [1.29, 1.82) is 0 Å². The SMILES string of the molecule is COC(=O)CC1CN(S(=O)(=O)N(C)CCC(=O)O)CCO1. The zero-order chi connectivity index (χ0) is 16.0. The normalized spacial score (nSPS) is 20.4. The van der Waals surface area contributed by atoms with Crippen molar-refractivity contribution in [3.05, 3.63) is 0 Å². The molecule has 1 saturated heterocycles. The number of morpholine rings is 1. The summed E-state index contributed by atoms with van der Waals surface area (Å²) in [5, 5.41) is 8.60. The highest BCUT2D eigenvalue weighted by Gasteiger charge is 2.33. The summed E-state index contributed by atoms with van der Waals surface area (Å²) in [7, 11) is -1.19. The van der Waals surface area contributed by atoms with Crippen LogP contribution in [-0.2, 0) is 29.3 Å². The van der Waals surface area contributed by atoms with E-state index in [4.69, 9.17) is 9.84 Å². The molecule has 0 spiro atoms. The number of carboxylic acids is 1. The molecular weight excluding hydrogens is 304 g/mol. The molecule has 1 aliphatic rings. The van der Waals surface area contributed by atoms with Gasteiger partial charge in [-0.15, -0.1) is 0 Å². The molecule has 0 aromatic rings. The minimum atomic E-state index is -3.76. The number of carbonyl (C=O) groups excluding carboxylic acids is 1. The van der Waals surface area contributed by atoms with E-state index in [-0.39, 0.29) is 39.1 Å². The van der Waals surface area contributed by atoms with Crippen molar-refractivity contribution in [3.63, 3.8) is 0 Å². The Hall–Kier alpha value is -1.23. The highest BCUT2D eigenvalue weighted by atomic mass is 32.2. The molecule has 0 aromatic carbocycles. The van der Waals surface area contributed by atoms with E-state index < -0.39 is 28.3 Å². The molecule has 1 aliphatic heterocycles. The van der Waals surface area contributed by atoms with Crippen molar-refractivity contribution in [3.8, 4) is 0 Å². The largest absolute Gasteiger partial charge is 0.481 e. The van der Waals surface area contributed by atoms with E-state index in [0.717, 1.165) is 4.31 Å². The molecular formula is C11H20N2O7S. The van der Waals surface area contributed by atoms with Gasteiger partial charge in [0.1, 0.15) is 0 Å². The molecule has 0 amide bonds. The predicted octanol–water partition coefficient (Wildman–Crippen LogP) is -1.10. The first kappa shape index (κ1) is 17.8. The number of rotatable bonds is 7. The van der Waals surface area contributed by atoms with Gasteiger partial charge in [-0.25, -0.2) is 0 Å². The third kappa shape index (κ3) is 5.23. The Morgan fingerprint density at radius 2 is 2.14 bits per heavy atom. The zero-order valence-corrected chi connectivity index (χ0v) is 12.8. The topological polar surface area (TPSA) is 113 Å². The second-order valence-electron chi connectivity index (χ2n) is 4.60. The van der Waals surface area contributed by atoms with Gasteiger partial charge in [-0.1, -0.05) is 0 Å². The van der Waals surface area contributed by atoms with E-state index in [9.17, 15) is 18.0 Å². The van der Waals surface area contributed by atoms with Gasteiger partial charge < -0.3 is 14.6 Å². The molecule has 10 heteroatoms. The minimum Gasteiger partial charge on any atom is -0.481 e. The maximum absolute atomic E-state index is 12.3. The smallest absolute Gasteiger partial charge is 0.308 e. The van der Waals surface area contributed by atoms with Crippen molar-refractivity contribution in [2.45, 2.75) is 18.9 Å². The third-order valence-corrected chi connectivity index (χ3v) is 5.04. The fourth-order valence-corrected chi connectivity index (χ4v) is 3.24. The number of carboxylic acid groups (broad SMARTS) is 1. The summed E-state index contributed by atoms with van der Waals surface area (Å²) in [4.78, 5) is 21.7. The molecule has 1 rings (SSSR count). The lowest BCUT2D eigenvalue weighted by Gasteiger charge is -2.34. The van der Waals surface area contributed by atoms with Crippen molar-refractivity contribution < 1.29 is 32.6 Å². The van der Waals surface area contributed by atoms with Gasteiger partial charge in [0.25, 0.3) is 10.2 Å². The molecule has 9 nitrogen and oxygen atoms in total. The van der Waals surface area contributed by atoms with E-state index in [1.54, 1.807) is 0 Å². The van der Waals surface area contributed by atoms with Crippen molar-refractivity contribution in [2.75, 3.05) is 40.4 Å². The van der Waals surface area contributed by atoms with Gasteiger partial charge in [0.2, 0.25) is 0 Å². The van der Waals surface area contributed by atoms with Crippen LogP contribution < -0.4 is 0 Å². The molecule has 122 valence electrons.